The van der Waals surface area contributed by atoms with Gasteiger partial charge in [0.1, 0.15) is 0 Å². The lowest BCUT2D eigenvalue weighted by Crippen LogP contribution is -2.34. The van der Waals surface area contributed by atoms with Gasteiger partial charge in [-0.2, -0.15) is 0 Å². The van der Waals surface area contributed by atoms with Gasteiger partial charge in [-0.25, -0.2) is 0 Å². The third-order valence-corrected chi connectivity index (χ3v) is 6.51. The number of nitrogens with zero attached hydrogens (tertiary/aromatic N) is 2. The summed E-state index contributed by atoms with van der Waals surface area (Å²) in [4.78, 5) is 2.61. The lowest BCUT2D eigenvalue weighted by Gasteiger charge is -2.32. The van der Waals surface area contributed by atoms with Crippen LogP contribution in [0.25, 0.3) is 10.9 Å². The first kappa shape index (κ1) is 15.5. The smallest absolute Gasteiger partial charge is 0.0486 e. The van der Waals surface area contributed by atoms with Gasteiger partial charge >= 0.3 is 0 Å². The van der Waals surface area contributed by atoms with Gasteiger partial charge in [0.15, 0.2) is 0 Å². The second-order valence-electron chi connectivity index (χ2n) is 7.52. The first-order valence-electron chi connectivity index (χ1n) is 9.29. The minimum atomic E-state index is 0.607. The zero-order valence-corrected chi connectivity index (χ0v) is 15.3. The molecule has 0 radical (unpaired) electrons. The molecule has 0 spiro atoms. The van der Waals surface area contributed by atoms with Gasteiger partial charge in [0, 0.05) is 46.7 Å². The van der Waals surface area contributed by atoms with E-state index in [1.165, 1.54) is 35.7 Å². The Balaban J connectivity index is 1.57. The molecule has 2 aromatic carbocycles. The monoisotopic (exact) mass is 350 g/mol. The van der Waals surface area contributed by atoms with Crippen LogP contribution in [-0.4, -0.2) is 22.6 Å². The van der Waals surface area contributed by atoms with Crippen molar-refractivity contribution in [2.45, 2.75) is 44.3 Å². The summed E-state index contributed by atoms with van der Waals surface area (Å²) >= 11 is 6.03. The minimum absolute atomic E-state index is 0.607. The molecule has 2 aliphatic rings. The van der Waals surface area contributed by atoms with E-state index in [-0.39, 0.29) is 0 Å². The molecule has 3 aromatic rings. The summed E-state index contributed by atoms with van der Waals surface area (Å²) in [5.41, 5.74) is 5.94. The third-order valence-electron chi connectivity index (χ3n) is 6.26. The van der Waals surface area contributed by atoms with Crippen LogP contribution in [0.1, 0.15) is 35.7 Å². The van der Waals surface area contributed by atoms with E-state index in [0.717, 1.165) is 24.0 Å². The topological polar surface area (TPSA) is 8.17 Å². The number of aromatic nitrogens is 1. The molecule has 1 aromatic heterocycles. The zero-order chi connectivity index (χ0) is 17.0. The Morgan fingerprint density at radius 3 is 2.68 bits per heavy atom. The Morgan fingerprint density at radius 2 is 1.84 bits per heavy atom. The SMILES string of the molecule is CN1C2CCC1c1c(n(CCc3ccc(Cl)cc3)c3ccccc13)C2. The van der Waals surface area contributed by atoms with Gasteiger partial charge in [-0.15, -0.1) is 0 Å². The molecule has 2 aliphatic heterocycles. The maximum Gasteiger partial charge on any atom is 0.0486 e. The number of para-hydroxylation sites is 1. The van der Waals surface area contributed by atoms with E-state index in [9.17, 15) is 0 Å². The van der Waals surface area contributed by atoms with Gasteiger partial charge in [0.25, 0.3) is 0 Å². The number of hydrogen-bond acceptors (Lipinski definition) is 1. The van der Waals surface area contributed by atoms with E-state index in [4.69, 9.17) is 11.6 Å². The summed E-state index contributed by atoms with van der Waals surface area (Å²) in [7, 11) is 2.31. The summed E-state index contributed by atoms with van der Waals surface area (Å²) < 4.78 is 2.59. The highest BCUT2D eigenvalue weighted by Crippen LogP contribution is 2.46. The van der Waals surface area contributed by atoms with Gasteiger partial charge in [-0.1, -0.05) is 41.9 Å². The number of halogens is 1. The van der Waals surface area contributed by atoms with E-state index in [0.29, 0.717) is 6.04 Å². The second kappa shape index (κ2) is 5.89. The highest BCUT2D eigenvalue weighted by atomic mass is 35.5. The van der Waals surface area contributed by atoms with Gasteiger partial charge < -0.3 is 4.57 Å². The van der Waals surface area contributed by atoms with Crippen molar-refractivity contribution in [1.29, 1.82) is 0 Å². The molecule has 128 valence electrons. The Hall–Kier alpha value is -1.77. The summed E-state index contributed by atoms with van der Waals surface area (Å²) in [5, 5.41) is 2.28. The van der Waals surface area contributed by atoms with Crippen molar-refractivity contribution < 1.29 is 0 Å². The number of benzene rings is 2. The van der Waals surface area contributed by atoms with Gasteiger partial charge in [0.2, 0.25) is 0 Å². The second-order valence-corrected chi connectivity index (χ2v) is 7.96. The van der Waals surface area contributed by atoms with Crippen LogP contribution in [0.15, 0.2) is 48.5 Å². The predicted molar refractivity (Wildman–Crippen MR) is 104 cm³/mol. The molecule has 2 nitrogen and oxygen atoms in total. The van der Waals surface area contributed by atoms with E-state index in [2.05, 4.69) is 52.9 Å². The summed E-state index contributed by atoms with van der Waals surface area (Å²) in [6, 6.07) is 18.6. The lowest BCUT2D eigenvalue weighted by atomic mass is 9.97. The van der Waals surface area contributed by atoms with Crippen molar-refractivity contribution in [1.82, 2.24) is 9.47 Å². The molecule has 2 atom stereocenters. The average molecular weight is 351 g/mol. The molecule has 0 N–H and O–H groups in total. The highest BCUT2D eigenvalue weighted by Gasteiger charge is 2.40. The standard InChI is InChI=1S/C22H23ClN2/c1-24-17-10-11-20(24)22-18-4-2-3-5-19(18)25(21(22)14-17)13-12-15-6-8-16(23)9-7-15/h2-9,17,20H,10-14H2,1H3. The quantitative estimate of drug-likeness (QED) is 0.628. The maximum absolute atomic E-state index is 6.03. The summed E-state index contributed by atoms with van der Waals surface area (Å²) in [6.07, 6.45) is 4.88. The molecular weight excluding hydrogens is 328 g/mol. The fourth-order valence-corrected chi connectivity index (χ4v) is 5.08. The van der Waals surface area contributed by atoms with E-state index in [1.807, 2.05) is 12.1 Å². The largest absolute Gasteiger partial charge is 0.344 e. The molecule has 1 saturated heterocycles. The highest BCUT2D eigenvalue weighted by molar-refractivity contribution is 6.30. The Bertz CT molecular complexity index is 925. The van der Waals surface area contributed by atoms with Crippen LogP contribution in [-0.2, 0) is 19.4 Å². The van der Waals surface area contributed by atoms with Crippen molar-refractivity contribution in [3.63, 3.8) is 0 Å². The van der Waals surface area contributed by atoms with Crippen LogP contribution in [0.3, 0.4) is 0 Å². The number of rotatable bonds is 3. The maximum atomic E-state index is 6.03. The van der Waals surface area contributed by atoms with Crippen LogP contribution in [0, 0.1) is 0 Å². The Labute approximate surface area is 154 Å². The first-order chi connectivity index (χ1) is 12.2. The van der Waals surface area contributed by atoms with E-state index in [1.54, 1.807) is 11.3 Å². The molecular formula is C22H23ClN2. The van der Waals surface area contributed by atoms with Gasteiger partial charge in [-0.3, -0.25) is 4.90 Å². The Morgan fingerprint density at radius 1 is 1.04 bits per heavy atom. The van der Waals surface area contributed by atoms with Crippen molar-refractivity contribution >= 4 is 22.5 Å². The molecule has 5 rings (SSSR count). The first-order valence-corrected chi connectivity index (χ1v) is 9.66. The Kier molecular flexibility index (Phi) is 3.65. The van der Waals surface area contributed by atoms with E-state index < -0.39 is 0 Å². The van der Waals surface area contributed by atoms with Crippen molar-refractivity contribution in [2.75, 3.05) is 7.05 Å². The normalized spacial score (nSPS) is 22.5. The van der Waals surface area contributed by atoms with Crippen molar-refractivity contribution in [3.8, 4) is 0 Å². The molecule has 3 heterocycles. The van der Waals surface area contributed by atoms with Crippen LogP contribution < -0.4 is 0 Å². The lowest BCUT2D eigenvalue weighted by molar-refractivity contribution is 0.222. The third kappa shape index (κ3) is 2.43. The minimum Gasteiger partial charge on any atom is -0.344 e. The van der Waals surface area contributed by atoms with E-state index >= 15 is 0 Å². The molecule has 2 unspecified atom stereocenters. The summed E-state index contributed by atoms with van der Waals surface area (Å²) in [6.45, 7) is 1.04. The number of aryl methyl sites for hydroxylation is 2. The molecule has 3 heteroatoms. The molecule has 0 amide bonds. The molecule has 25 heavy (non-hydrogen) atoms. The van der Waals surface area contributed by atoms with Crippen molar-refractivity contribution in [2.24, 2.45) is 0 Å². The predicted octanol–water partition coefficient (Wildman–Crippen LogP) is 5.23. The fourth-order valence-electron chi connectivity index (χ4n) is 4.95. The van der Waals surface area contributed by atoms with Crippen LogP contribution in [0.5, 0.6) is 0 Å². The van der Waals surface area contributed by atoms with Crippen LogP contribution in [0.4, 0.5) is 0 Å². The molecule has 1 fully saturated rings. The van der Waals surface area contributed by atoms with Gasteiger partial charge in [0.05, 0.1) is 0 Å². The number of hydrogen-bond donors (Lipinski definition) is 0. The molecule has 0 saturated carbocycles. The summed E-state index contributed by atoms with van der Waals surface area (Å²) in [5.74, 6) is 0. The van der Waals surface area contributed by atoms with Crippen LogP contribution >= 0.6 is 11.6 Å². The average Bonchev–Trinajstić information content (AvgIpc) is 3.05. The zero-order valence-electron chi connectivity index (χ0n) is 14.6. The molecule has 2 bridgehead atoms. The fraction of sp³-hybridized carbons (Fsp3) is 0.364. The number of likely N-dealkylation sites (N-methyl/N-ethyl adjacent to an activating group) is 1. The van der Waals surface area contributed by atoms with Gasteiger partial charge in [-0.05, 0) is 55.6 Å². The van der Waals surface area contributed by atoms with Crippen molar-refractivity contribution in [3.05, 3.63) is 70.4 Å². The van der Waals surface area contributed by atoms with Crippen LogP contribution in [0.2, 0.25) is 5.02 Å². The number of fused-ring (bicyclic) bond motifs is 6. The molecule has 0 aliphatic carbocycles.